The Morgan fingerprint density at radius 1 is 1.08 bits per heavy atom. The summed E-state index contributed by atoms with van der Waals surface area (Å²) in [5, 5.41) is 15.4. The molecule has 0 bridgehead atoms. The van der Waals surface area contributed by atoms with Crippen LogP contribution in [0, 0.1) is 11.6 Å². The highest BCUT2D eigenvalue weighted by atomic mass is 19.1. The number of carbonyl (C=O) groups is 1. The number of benzene rings is 2. The van der Waals surface area contributed by atoms with Crippen molar-refractivity contribution in [2.75, 3.05) is 13.1 Å². The molecule has 1 atom stereocenters. The molecule has 3 N–H and O–H groups in total. The molecule has 1 saturated carbocycles. The second-order valence-electron chi connectivity index (χ2n) is 6.42. The number of hydrogen-bond acceptors (Lipinski definition) is 2. The topological polar surface area (TPSA) is 61.4 Å². The molecule has 4 nitrogen and oxygen atoms in total. The minimum Gasteiger partial charge on any atom is -0.387 e. The van der Waals surface area contributed by atoms with Gasteiger partial charge < -0.3 is 15.7 Å². The van der Waals surface area contributed by atoms with Crippen molar-refractivity contribution < 1.29 is 18.7 Å². The molecule has 0 aromatic heterocycles. The standard InChI is InChI=1S/C19H20F2N2O2/c20-15-6-4-13(5-7-15)17(24)11-22-18(25)23-12-19(8-9-19)14-2-1-3-16(21)10-14/h1-7,10,17,24H,8-9,11-12H2,(H2,22,23,25). The molecule has 25 heavy (non-hydrogen) atoms. The van der Waals surface area contributed by atoms with Crippen molar-refractivity contribution >= 4 is 6.03 Å². The third-order valence-corrected chi connectivity index (χ3v) is 4.59. The van der Waals surface area contributed by atoms with Gasteiger partial charge in [-0.05, 0) is 48.2 Å². The van der Waals surface area contributed by atoms with Crippen molar-refractivity contribution in [1.29, 1.82) is 0 Å². The minimum absolute atomic E-state index is 0.0183. The van der Waals surface area contributed by atoms with Crippen molar-refractivity contribution in [3.05, 3.63) is 71.3 Å². The summed E-state index contributed by atoms with van der Waals surface area (Å²) < 4.78 is 26.2. The summed E-state index contributed by atoms with van der Waals surface area (Å²) in [6.45, 7) is 0.430. The van der Waals surface area contributed by atoms with E-state index in [9.17, 15) is 18.7 Å². The maximum Gasteiger partial charge on any atom is 0.314 e. The van der Waals surface area contributed by atoms with Crippen LogP contribution < -0.4 is 10.6 Å². The molecule has 2 aromatic rings. The Hall–Kier alpha value is -2.47. The van der Waals surface area contributed by atoms with E-state index < -0.39 is 12.1 Å². The first-order valence-corrected chi connectivity index (χ1v) is 8.20. The second kappa shape index (κ2) is 7.19. The van der Waals surface area contributed by atoms with Gasteiger partial charge in [0.05, 0.1) is 6.10 Å². The van der Waals surface area contributed by atoms with Gasteiger partial charge in [-0.15, -0.1) is 0 Å². The molecule has 0 radical (unpaired) electrons. The van der Waals surface area contributed by atoms with Crippen LogP contribution in [0.4, 0.5) is 13.6 Å². The molecule has 0 heterocycles. The summed E-state index contributed by atoms with van der Waals surface area (Å²) in [7, 11) is 0. The average Bonchev–Trinajstić information content (AvgIpc) is 3.40. The smallest absolute Gasteiger partial charge is 0.314 e. The Balaban J connectivity index is 1.47. The van der Waals surface area contributed by atoms with Crippen molar-refractivity contribution in [2.45, 2.75) is 24.4 Å². The van der Waals surface area contributed by atoms with E-state index in [2.05, 4.69) is 10.6 Å². The molecule has 0 saturated heterocycles. The largest absolute Gasteiger partial charge is 0.387 e. The summed E-state index contributed by atoms with van der Waals surface area (Å²) in [6, 6.07) is 11.5. The van der Waals surface area contributed by atoms with Crippen LogP contribution in [0.1, 0.15) is 30.1 Å². The maximum absolute atomic E-state index is 13.4. The highest BCUT2D eigenvalue weighted by Crippen LogP contribution is 2.47. The van der Waals surface area contributed by atoms with Gasteiger partial charge in [-0.3, -0.25) is 0 Å². The van der Waals surface area contributed by atoms with Crippen molar-refractivity contribution in [3.8, 4) is 0 Å². The van der Waals surface area contributed by atoms with Gasteiger partial charge in [0.15, 0.2) is 0 Å². The van der Waals surface area contributed by atoms with Crippen LogP contribution in [0.5, 0.6) is 0 Å². The number of hydrogen-bond donors (Lipinski definition) is 3. The van der Waals surface area contributed by atoms with E-state index in [1.165, 1.54) is 36.4 Å². The second-order valence-corrected chi connectivity index (χ2v) is 6.42. The quantitative estimate of drug-likeness (QED) is 0.753. The fourth-order valence-electron chi connectivity index (χ4n) is 2.84. The van der Waals surface area contributed by atoms with Gasteiger partial charge in [0.1, 0.15) is 11.6 Å². The lowest BCUT2D eigenvalue weighted by atomic mass is 9.96. The molecule has 1 aliphatic rings. The molecule has 1 unspecified atom stereocenters. The van der Waals surface area contributed by atoms with Crippen molar-refractivity contribution in [1.82, 2.24) is 10.6 Å². The van der Waals surface area contributed by atoms with Crippen LogP contribution in [0.2, 0.25) is 0 Å². The van der Waals surface area contributed by atoms with Crippen molar-refractivity contribution in [3.63, 3.8) is 0 Å². The Morgan fingerprint density at radius 2 is 1.80 bits per heavy atom. The first-order chi connectivity index (χ1) is 12.0. The molecule has 132 valence electrons. The molecule has 1 fully saturated rings. The highest BCUT2D eigenvalue weighted by molar-refractivity contribution is 5.74. The van der Waals surface area contributed by atoms with E-state index in [1.807, 2.05) is 6.07 Å². The Morgan fingerprint density at radius 3 is 2.44 bits per heavy atom. The van der Waals surface area contributed by atoms with Gasteiger partial charge in [-0.2, -0.15) is 0 Å². The van der Waals surface area contributed by atoms with E-state index in [0.29, 0.717) is 12.1 Å². The van der Waals surface area contributed by atoms with Crippen LogP contribution in [-0.2, 0) is 5.41 Å². The molecule has 2 aromatic carbocycles. The molecule has 0 spiro atoms. The third-order valence-electron chi connectivity index (χ3n) is 4.59. The summed E-state index contributed by atoms with van der Waals surface area (Å²) in [6.07, 6.45) is 0.883. The van der Waals surface area contributed by atoms with Crippen LogP contribution in [0.15, 0.2) is 48.5 Å². The minimum atomic E-state index is -0.913. The normalized spacial score (nSPS) is 16.1. The lowest BCUT2D eigenvalue weighted by Crippen LogP contribution is -2.41. The van der Waals surface area contributed by atoms with Gasteiger partial charge in [-0.1, -0.05) is 24.3 Å². The van der Waals surface area contributed by atoms with E-state index in [4.69, 9.17) is 0 Å². The SMILES string of the molecule is O=C(NCC(O)c1ccc(F)cc1)NCC1(c2cccc(F)c2)CC1. The lowest BCUT2D eigenvalue weighted by Gasteiger charge is -2.18. The lowest BCUT2D eigenvalue weighted by molar-refractivity contribution is 0.173. The van der Waals surface area contributed by atoms with Gasteiger partial charge in [-0.25, -0.2) is 13.6 Å². The van der Waals surface area contributed by atoms with Crippen LogP contribution in [0.25, 0.3) is 0 Å². The average molecular weight is 346 g/mol. The first-order valence-electron chi connectivity index (χ1n) is 8.20. The number of amides is 2. The molecule has 6 heteroatoms. The number of rotatable bonds is 6. The fraction of sp³-hybridized carbons (Fsp3) is 0.316. The maximum atomic E-state index is 13.4. The molecular weight excluding hydrogens is 326 g/mol. The Bertz CT molecular complexity index is 745. The molecule has 1 aliphatic carbocycles. The van der Waals surface area contributed by atoms with E-state index in [1.54, 1.807) is 6.07 Å². The third kappa shape index (κ3) is 4.33. The first kappa shape index (κ1) is 17.4. The van der Waals surface area contributed by atoms with Crippen LogP contribution >= 0.6 is 0 Å². The fourth-order valence-corrected chi connectivity index (χ4v) is 2.84. The Labute approximate surface area is 144 Å². The monoisotopic (exact) mass is 346 g/mol. The molecule has 0 aliphatic heterocycles. The van der Waals surface area contributed by atoms with Crippen LogP contribution in [0.3, 0.4) is 0 Å². The van der Waals surface area contributed by atoms with Crippen LogP contribution in [-0.4, -0.2) is 24.2 Å². The Kier molecular flexibility index (Phi) is 4.99. The predicted octanol–water partition coefficient (Wildman–Crippen LogP) is 3.03. The zero-order valence-corrected chi connectivity index (χ0v) is 13.6. The summed E-state index contributed by atoms with van der Waals surface area (Å²) in [5.74, 6) is -0.663. The van der Waals surface area contributed by atoms with Gasteiger partial charge in [0.2, 0.25) is 0 Å². The molecular formula is C19H20F2N2O2. The van der Waals surface area contributed by atoms with Gasteiger partial charge >= 0.3 is 6.03 Å². The highest BCUT2D eigenvalue weighted by Gasteiger charge is 2.44. The summed E-state index contributed by atoms with van der Waals surface area (Å²) in [5.41, 5.74) is 1.22. The predicted molar refractivity (Wildman–Crippen MR) is 90.1 cm³/mol. The number of halogens is 2. The van der Waals surface area contributed by atoms with E-state index in [0.717, 1.165) is 18.4 Å². The number of aliphatic hydroxyl groups excluding tert-OH is 1. The molecule has 3 rings (SSSR count). The summed E-state index contributed by atoms with van der Waals surface area (Å²) in [4.78, 5) is 11.9. The van der Waals surface area contributed by atoms with Crippen molar-refractivity contribution in [2.24, 2.45) is 0 Å². The zero-order valence-electron chi connectivity index (χ0n) is 13.6. The zero-order chi connectivity index (χ0) is 17.9. The number of aliphatic hydroxyl groups is 1. The van der Waals surface area contributed by atoms with E-state index >= 15 is 0 Å². The van der Waals surface area contributed by atoms with Gasteiger partial charge in [0.25, 0.3) is 0 Å². The molecule has 2 amide bonds. The number of nitrogens with one attached hydrogen (secondary N) is 2. The van der Waals surface area contributed by atoms with Gasteiger partial charge in [0, 0.05) is 18.5 Å². The van der Waals surface area contributed by atoms with E-state index in [-0.39, 0.29) is 23.6 Å². The number of urea groups is 1. The number of carbonyl (C=O) groups excluding carboxylic acids is 1. The summed E-state index contributed by atoms with van der Waals surface area (Å²) >= 11 is 0.